The lowest BCUT2D eigenvalue weighted by Gasteiger charge is -2.23. The number of rotatable bonds is 4. The van der Waals surface area contributed by atoms with Crippen LogP contribution in [0, 0.1) is 0 Å². The van der Waals surface area contributed by atoms with E-state index in [4.69, 9.17) is 5.84 Å². The molecule has 5 heteroatoms. The average molecular weight is 222 g/mol. The van der Waals surface area contributed by atoms with E-state index in [9.17, 15) is 4.79 Å². The number of hydrogen-bond donors (Lipinski definition) is 2. The predicted octanol–water partition coefficient (Wildman–Crippen LogP) is 1.24. The van der Waals surface area contributed by atoms with Gasteiger partial charge in [0.15, 0.2) is 0 Å². The van der Waals surface area contributed by atoms with Crippen molar-refractivity contribution in [2.45, 2.75) is 26.3 Å². The van der Waals surface area contributed by atoms with E-state index >= 15 is 0 Å². The normalized spacial score (nSPS) is 12.0. The molecule has 0 spiro atoms. The summed E-state index contributed by atoms with van der Waals surface area (Å²) in [7, 11) is 1.78. The summed E-state index contributed by atoms with van der Waals surface area (Å²) >= 11 is 0. The second-order valence-electron chi connectivity index (χ2n) is 3.75. The molecule has 0 aromatic carbocycles. The van der Waals surface area contributed by atoms with Gasteiger partial charge in [0.25, 0.3) is 5.91 Å². The highest BCUT2D eigenvalue weighted by Gasteiger charge is 2.16. The van der Waals surface area contributed by atoms with Gasteiger partial charge in [-0.15, -0.1) is 0 Å². The smallest absolute Gasteiger partial charge is 0.272 e. The van der Waals surface area contributed by atoms with Crippen LogP contribution in [0.5, 0.6) is 0 Å². The van der Waals surface area contributed by atoms with Crippen molar-refractivity contribution in [2.75, 3.05) is 12.5 Å². The van der Waals surface area contributed by atoms with Gasteiger partial charge in [0.05, 0.1) is 11.9 Å². The highest BCUT2D eigenvalue weighted by Crippen LogP contribution is 2.09. The number of hydrogen-bond acceptors (Lipinski definition) is 4. The minimum absolute atomic E-state index is 0.0714. The van der Waals surface area contributed by atoms with E-state index < -0.39 is 0 Å². The number of anilines is 1. The van der Waals surface area contributed by atoms with Gasteiger partial charge in [-0.25, -0.2) is 4.98 Å². The molecule has 16 heavy (non-hydrogen) atoms. The van der Waals surface area contributed by atoms with Gasteiger partial charge in [-0.3, -0.25) is 10.6 Å². The second kappa shape index (κ2) is 5.46. The standard InChI is InChI=1S/C11H18N4O/c1-4-8(2)15(3)11(16)10-6-5-9(14-12)7-13-10/h5-8,14H,4,12H2,1-3H3. The molecule has 1 atom stereocenters. The van der Waals surface area contributed by atoms with Crippen LogP contribution < -0.4 is 11.3 Å². The maximum Gasteiger partial charge on any atom is 0.272 e. The van der Waals surface area contributed by atoms with Crippen LogP contribution in [0.2, 0.25) is 0 Å². The van der Waals surface area contributed by atoms with E-state index in [1.807, 2.05) is 13.8 Å². The number of amides is 1. The van der Waals surface area contributed by atoms with Crippen molar-refractivity contribution in [1.82, 2.24) is 9.88 Å². The van der Waals surface area contributed by atoms with Crippen molar-refractivity contribution in [3.63, 3.8) is 0 Å². The van der Waals surface area contributed by atoms with Gasteiger partial charge in [-0.1, -0.05) is 6.92 Å². The Labute approximate surface area is 95.6 Å². The van der Waals surface area contributed by atoms with Crippen LogP contribution >= 0.6 is 0 Å². The van der Waals surface area contributed by atoms with E-state index in [2.05, 4.69) is 10.4 Å². The molecule has 3 N–H and O–H groups in total. The molecule has 0 radical (unpaired) electrons. The molecule has 0 bridgehead atoms. The maximum absolute atomic E-state index is 12.0. The molecule has 1 aromatic heterocycles. The lowest BCUT2D eigenvalue weighted by atomic mass is 10.2. The van der Waals surface area contributed by atoms with Crippen LogP contribution in [0.3, 0.4) is 0 Å². The fourth-order valence-corrected chi connectivity index (χ4v) is 1.26. The number of carbonyl (C=O) groups is 1. The van der Waals surface area contributed by atoms with Crippen LogP contribution in [0.15, 0.2) is 18.3 Å². The zero-order chi connectivity index (χ0) is 12.1. The Hall–Kier alpha value is -1.62. The minimum atomic E-state index is -0.0714. The molecule has 1 aromatic rings. The Morgan fingerprint density at radius 2 is 2.31 bits per heavy atom. The number of hydrazine groups is 1. The van der Waals surface area contributed by atoms with E-state index in [1.165, 1.54) is 6.20 Å². The van der Waals surface area contributed by atoms with Crippen molar-refractivity contribution >= 4 is 11.6 Å². The molecule has 0 aliphatic heterocycles. The Morgan fingerprint density at radius 1 is 1.62 bits per heavy atom. The monoisotopic (exact) mass is 222 g/mol. The van der Waals surface area contributed by atoms with Crippen LogP contribution in [0.25, 0.3) is 0 Å². The number of nitrogens with two attached hydrogens (primary N) is 1. The zero-order valence-corrected chi connectivity index (χ0v) is 9.90. The third-order valence-corrected chi connectivity index (χ3v) is 2.72. The number of carbonyl (C=O) groups excluding carboxylic acids is 1. The molecule has 0 fully saturated rings. The highest BCUT2D eigenvalue weighted by atomic mass is 16.2. The summed E-state index contributed by atoms with van der Waals surface area (Å²) in [6.07, 6.45) is 2.46. The molecule has 88 valence electrons. The largest absolute Gasteiger partial charge is 0.338 e. The van der Waals surface area contributed by atoms with E-state index in [-0.39, 0.29) is 11.9 Å². The number of nitrogens with one attached hydrogen (secondary N) is 1. The van der Waals surface area contributed by atoms with Crippen LogP contribution in [-0.4, -0.2) is 28.9 Å². The summed E-state index contributed by atoms with van der Waals surface area (Å²) in [5, 5.41) is 0. The summed E-state index contributed by atoms with van der Waals surface area (Å²) in [5.74, 6) is 5.15. The molecule has 0 saturated carbocycles. The first-order valence-corrected chi connectivity index (χ1v) is 5.30. The highest BCUT2D eigenvalue weighted by molar-refractivity contribution is 5.92. The van der Waals surface area contributed by atoms with Crippen LogP contribution in [-0.2, 0) is 0 Å². The predicted molar refractivity (Wildman–Crippen MR) is 63.9 cm³/mol. The van der Waals surface area contributed by atoms with Gasteiger partial charge in [-0.05, 0) is 25.5 Å². The SMILES string of the molecule is CCC(C)N(C)C(=O)c1ccc(NN)cn1. The first-order chi connectivity index (χ1) is 7.60. The Kier molecular flexibility index (Phi) is 4.25. The summed E-state index contributed by atoms with van der Waals surface area (Å²) in [6.45, 7) is 4.05. The first kappa shape index (κ1) is 12.4. The summed E-state index contributed by atoms with van der Waals surface area (Å²) in [5.41, 5.74) is 3.58. The molecular formula is C11H18N4O. The summed E-state index contributed by atoms with van der Waals surface area (Å²) in [6, 6.07) is 3.60. The molecule has 0 aliphatic rings. The number of nitrogens with zero attached hydrogens (tertiary/aromatic N) is 2. The molecular weight excluding hydrogens is 204 g/mol. The second-order valence-corrected chi connectivity index (χ2v) is 3.75. The third kappa shape index (κ3) is 2.70. The first-order valence-electron chi connectivity index (χ1n) is 5.30. The maximum atomic E-state index is 12.0. The van der Waals surface area contributed by atoms with Gasteiger partial charge in [0, 0.05) is 13.1 Å². The molecule has 5 nitrogen and oxygen atoms in total. The van der Waals surface area contributed by atoms with E-state index in [1.54, 1.807) is 24.1 Å². The average Bonchev–Trinajstić information content (AvgIpc) is 2.36. The lowest BCUT2D eigenvalue weighted by Crippen LogP contribution is -2.35. The Morgan fingerprint density at radius 3 is 2.75 bits per heavy atom. The zero-order valence-electron chi connectivity index (χ0n) is 9.90. The van der Waals surface area contributed by atoms with Crippen molar-refractivity contribution in [1.29, 1.82) is 0 Å². The molecule has 0 aliphatic carbocycles. The number of pyridine rings is 1. The molecule has 1 amide bonds. The van der Waals surface area contributed by atoms with E-state index in [0.29, 0.717) is 11.4 Å². The summed E-state index contributed by atoms with van der Waals surface area (Å²) < 4.78 is 0. The Bertz CT molecular complexity index is 350. The Balaban J connectivity index is 2.80. The van der Waals surface area contributed by atoms with Gasteiger partial charge in [-0.2, -0.15) is 0 Å². The molecule has 1 rings (SSSR count). The van der Waals surface area contributed by atoms with Gasteiger partial charge < -0.3 is 10.3 Å². The quantitative estimate of drug-likeness (QED) is 0.594. The third-order valence-electron chi connectivity index (χ3n) is 2.72. The lowest BCUT2D eigenvalue weighted by molar-refractivity contribution is 0.0734. The van der Waals surface area contributed by atoms with Crippen molar-refractivity contribution in [3.05, 3.63) is 24.0 Å². The topological polar surface area (TPSA) is 71.2 Å². The van der Waals surface area contributed by atoms with Crippen molar-refractivity contribution < 1.29 is 4.79 Å². The fraction of sp³-hybridized carbons (Fsp3) is 0.455. The van der Waals surface area contributed by atoms with Crippen molar-refractivity contribution in [3.8, 4) is 0 Å². The van der Waals surface area contributed by atoms with Gasteiger partial charge in [0.1, 0.15) is 5.69 Å². The van der Waals surface area contributed by atoms with Crippen LogP contribution in [0.4, 0.5) is 5.69 Å². The molecule has 0 saturated heterocycles. The number of nitrogen functional groups attached to an aromatic ring is 1. The molecule has 1 heterocycles. The van der Waals surface area contributed by atoms with Crippen molar-refractivity contribution in [2.24, 2.45) is 5.84 Å². The fourth-order valence-electron chi connectivity index (χ4n) is 1.26. The van der Waals surface area contributed by atoms with Gasteiger partial charge >= 0.3 is 0 Å². The number of aromatic nitrogens is 1. The van der Waals surface area contributed by atoms with Crippen LogP contribution in [0.1, 0.15) is 30.8 Å². The van der Waals surface area contributed by atoms with E-state index in [0.717, 1.165) is 6.42 Å². The molecule has 1 unspecified atom stereocenters. The minimum Gasteiger partial charge on any atom is -0.338 e. The van der Waals surface area contributed by atoms with Gasteiger partial charge in [0.2, 0.25) is 0 Å². The summed E-state index contributed by atoms with van der Waals surface area (Å²) in [4.78, 5) is 17.7.